The molecule has 1 heterocycles. The van der Waals surface area contributed by atoms with Crippen LogP contribution in [0, 0.1) is 6.92 Å². The molecule has 0 N–H and O–H groups in total. The summed E-state index contributed by atoms with van der Waals surface area (Å²) in [5, 5.41) is 0. The van der Waals surface area contributed by atoms with Crippen LogP contribution in [0.2, 0.25) is 0 Å². The van der Waals surface area contributed by atoms with E-state index in [2.05, 4.69) is 11.9 Å². The van der Waals surface area contributed by atoms with Crippen molar-refractivity contribution in [2.24, 2.45) is 0 Å². The highest BCUT2D eigenvalue weighted by Gasteiger charge is 2.07. The topological polar surface area (TPSA) is 30.0 Å². The average Bonchev–Trinajstić information content (AvgIpc) is 2.41. The molecule has 18 heavy (non-hydrogen) atoms. The Morgan fingerprint density at radius 1 is 1.11 bits per heavy atom. The lowest BCUT2D eigenvalue weighted by molar-refractivity contribution is 0.0992. The van der Waals surface area contributed by atoms with Crippen LogP contribution >= 0.6 is 0 Å². The van der Waals surface area contributed by atoms with Gasteiger partial charge >= 0.3 is 0 Å². The molecule has 2 heteroatoms. The van der Waals surface area contributed by atoms with E-state index in [4.69, 9.17) is 0 Å². The predicted molar refractivity (Wildman–Crippen MR) is 72.8 cm³/mol. The highest BCUT2D eigenvalue weighted by molar-refractivity contribution is 5.97. The summed E-state index contributed by atoms with van der Waals surface area (Å²) >= 11 is 0. The summed E-state index contributed by atoms with van der Waals surface area (Å²) in [6.07, 6.45) is 3.16. The van der Waals surface area contributed by atoms with Crippen molar-refractivity contribution in [3.8, 4) is 0 Å². The molecule has 0 saturated heterocycles. The summed E-state index contributed by atoms with van der Waals surface area (Å²) in [5.74, 6) is 0.119. The molecule has 0 spiro atoms. The number of carbonyl (C=O) groups excluding carboxylic acids is 1. The molecule has 2 rings (SSSR count). The molecular formula is C16H17NO. The molecule has 0 atom stereocenters. The van der Waals surface area contributed by atoms with E-state index in [-0.39, 0.29) is 5.78 Å². The molecule has 0 bridgehead atoms. The number of hydrogen-bond acceptors (Lipinski definition) is 2. The Kier molecular flexibility index (Phi) is 3.88. The van der Waals surface area contributed by atoms with Crippen LogP contribution in [0.4, 0.5) is 0 Å². The first kappa shape index (κ1) is 12.5. The predicted octanol–water partition coefficient (Wildman–Crippen LogP) is 3.38. The Hall–Kier alpha value is -1.96. The third-order valence-corrected chi connectivity index (χ3v) is 3.00. The average molecular weight is 239 g/mol. The minimum absolute atomic E-state index is 0.119. The van der Waals surface area contributed by atoms with Gasteiger partial charge in [0.1, 0.15) is 0 Å². The minimum Gasteiger partial charge on any atom is -0.294 e. The van der Waals surface area contributed by atoms with E-state index in [1.165, 1.54) is 5.56 Å². The lowest BCUT2D eigenvalue weighted by Crippen LogP contribution is -2.05. The van der Waals surface area contributed by atoms with Crippen LogP contribution in [0.5, 0.6) is 0 Å². The van der Waals surface area contributed by atoms with Gasteiger partial charge in [0.2, 0.25) is 0 Å². The van der Waals surface area contributed by atoms with E-state index >= 15 is 0 Å². The minimum atomic E-state index is 0.119. The molecule has 92 valence electrons. The number of pyridine rings is 1. The largest absolute Gasteiger partial charge is 0.294 e. The smallest absolute Gasteiger partial charge is 0.168 e. The van der Waals surface area contributed by atoms with Crippen molar-refractivity contribution in [3.05, 3.63) is 65.0 Å². The number of carbonyl (C=O) groups is 1. The summed E-state index contributed by atoms with van der Waals surface area (Å²) in [6, 6.07) is 11.7. The number of aryl methyl sites for hydroxylation is 2. The maximum absolute atomic E-state index is 12.1. The molecule has 0 saturated carbocycles. The summed E-state index contributed by atoms with van der Waals surface area (Å²) in [6.45, 7) is 4.09. The number of nitrogens with zero attached hydrogens (tertiary/aromatic N) is 1. The fourth-order valence-electron chi connectivity index (χ4n) is 1.80. The molecule has 0 radical (unpaired) electrons. The molecular weight excluding hydrogens is 222 g/mol. The van der Waals surface area contributed by atoms with Gasteiger partial charge in [-0.2, -0.15) is 0 Å². The number of ketones is 1. The molecule has 0 aliphatic heterocycles. The Morgan fingerprint density at radius 2 is 1.83 bits per heavy atom. The Bertz CT molecular complexity index is 526. The maximum Gasteiger partial charge on any atom is 0.168 e. The van der Waals surface area contributed by atoms with E-state index < -0.39 is 0 Å². The third-order valence-electron chi connectivity index (χ3n) is 3.00. The van der Waals surface area contributed by atoms with Crippen LogP contribution in [0.25, 0.3) is 0 Å². The summed E-state index contributed by atoms with van der Waals surface area (Å²) < 4.78 is 0. The van der Waals surface area contributed by atoms with Crippen molar-refractivity contribution in [2.75, 3.05) is 0 Å². The van der Waals surface area contributed by atoms with Crippen LogP contribution in [0.3, 0.4) is 0 Å². The first-order valence-corrected chi connectivity index (χ1v) is 6.22. The number of aromatic nitrogens is 1. The van der Waals surface area contributed by atoms with Gasteiger partial charge in [-0.3, -0.25) is 9.78 Å². The third kappa shape index (κ3) is 3.04. The second kappa shape index (κ2) is 5.58. The molecule has 0 unspecified atom stereocenters. The Balaban J connectivity index is 2.09. The zero-order valence-corrected chi connectivity index (χ0v) is 10.8. The molecule has 0 fully saturated rings. The first-order chi connectivity index (χ1) is 8.69. The first-order valence-electron chi connectivity index (χ1n) is 6.22. The zero-order chi connectivity index (χ0) is 13.0. The van der Waals surface area contributed by atoms with E-state index in [1.54, 1.807) is 6.20 Å². The van der Waals surface area contributed by atoms with Gasteiger partial charge in [0.05, 0.1) is 6.42 Å². The molecule has 2 aromatic rings. The van der Waals surface area contributed by atoms with Crippen LogP contribution in [0.15, 0.2) is 42.6 Å². The van der Waals surface area contributed by atoms with Crippen molar-refractivity contribution in [3.63, 3.8) is 0 Å². The Morgan fingerprint density at radius 3 is 2.39 bits per heavy atom. The molecule has 2 nitrogen and oxygen atoms in total. The lowest BCUT2D eigenvalue weighted by Gasteiger charge is -2.03. The zero-order valence-electron chi connectivity index (χ0n) is 10.8. The molecule has 0 aliphatic rings. The van der Waals surface area contributed by atoms with Crippen LogP contribution < -0.4 is 0 Å². The maximum atomic E-state index is 12.1. The van der Waals surface area contributed by atoms with Crippen LogP contribution in [0.1, 0.15) is 34.1 Å². The normalized spacial score (nSPS) is 10.3. The van der Waals surface area contributed by atoms with Gasteiger partial charge in [0.15, 0.2) is 5.78 Å². The second-order valence-electron chi connectivity index (χ2n) is 4.48. The molecule has 1 aromatic heterocycles. The van der Waals surface area contributed by atoms with E-state index in [1.807, 2.05) is 43.3 Å². The van der Waals surface area contributed by atoms with Gasteiger partial charge in [-0.25, -0.2) is 0 Å². The van der Waals surface area contributed by atoms with Gasteiger partial charge in [0, 0.05) is 17.5 Å². The quantitative estimate of drug-likeness (QED) is 0.766. The van der Waals surface area contributed by atoms with Gasteiger partial charge < -0.3 is 0 Å². The summed E-state index contributed by atoms with van der Waals surface area (Å²) in [7, 11) is 0. The molecule has 0 amide bonds. The molecule has 0 aliphatic carbocycles. The fourth-order valence-corrected chi connectivity index (χ4v) is 1.80. The van der Waals surface area contributed by atoms with E-state index in [9.17, 15) is 4.79 Å². The Labute approximate surface area is 108 Å². The summed E-state index contributed by atoms with van der Waals surface area (Å²) in [5.41, 5.74) is 3.94. The van der Waals surface area contributed by atoms with Gasteiger partial charge in [-0.15, -0.1) is 0 Å². The van der Waals surface area contributed by atoms with Crippen molar-refractivity contribution >= 4 is 5.78 Å². The van der Waals surface area contributed by atoms with Crippen molar-refractivity contribution < 1.29 is 4.79 Å². The number of hydrogen-bond donors (Lipinski definition) is 0. The number of Topliss-reactive ketones (excluding diaryl/α,β-unsaturated/α-hetero) is 1. The standard InChI is InChI=1S/C16H17NO/c1-3-13-5-7-14(8-6-13)16(18)10-15-9-4-12(2)11-17-15/h4-9,11H,3,10H2,1-2H3. The van der Waals surface area contributed by atoms with Crippen molar-refractivity contribution in [1.29, 1.82) is 0 Å². The summed E-state index contributed by atoms with van der Waals surface area (Å²) in [4.78, 5) is 16.3. The SMILES string of the molecule is CCc1ccc(C(=O)Cc2ccc(C)cn2)cc1. The van der Waals surface area contributed by atoms with Crippen molar-refractivity contribution in [2.45, 2.75) is 26.7 Å². The number of rotatable bonds is 4. The van der Waals surface area contributed by atoms with Crippen LogP contribution in [-0.2, 0) is 12.8 Å². The van der Waals surface area contributed by atoms with Gasteiger partial charge in [-0.1, -0.05) is 37.3 Å². The molecule has 1 aromatic carbocycles. The highest BCUT2D eigenvalue weighted by atomic mass is 16.1. The van der Waals surface area contributed by atoms with Gasteiger partial charge in [0.25, 0.3) is 0 Å². The fraction of sp³-hybridized carbons (Fsp3) is 0.250. The van der Waals surface area contributed by atoms with E-state index in [0.29, 0.717) is 6.42 Å². The van der Waals surface area contributed by atoms with Gasteiger partial charge in [-0.05, 0) is 30.5 Å². The second-order valence-corrected chi connectivity index (χ2v) is 4.48. The lowest BCUT2D eigenvalue weighted by atomic mass is 10.0. The number of benzene rings is 1. The monoisotopic (exact) mass is 239 g/mol. The van der Waals surface area contributed by atoms with E-state index in [0.717, 1.165) is 23.2 Å². The highest BCUT2D eigenvalue weighted by Crippen LogP contribution is 2.09. The van der Waals surface area contributed by atoms with Crippen molar-refractivity contribution in [1.82, 2.24) is 4.98 Å². The van der Waals surface area contributed by atoms with Crippen LogP contribution in [-0.4, -0.2) is 10.8 Å².